The summed E-state index contributed by atoms with van der Waals surface area (Å²) in [6.45, 7) is 3.15. The van der Waals surface area contributed by atoms with Crippen molar-refractivity contribution < 1.29 is 14.3 Å². The molecular formula is C19H21NO3. The molecule has 0 aliphatic carbocycles. The number of hydrogen-bond donors (Lipinski definition) is 0. The lowest BCUT2D eigenvalue weighted by atomic mass is 9.82. The molecule has 0 N–H and O–H groups in total. The van der Waals surface area contributed by atoms with Crippen LogP contribution in [0.25, 0.3) is 0 Å². The van der Waals surface area contributed by atoms with Gasteiger partial charge in [0.25, 0.3) is 0 Å². The Balaban J connectivity index is 1.67. The third kappa shape index (κ3) is 3.21. The smallest absolute Gasteiger partial charge is 0.246 e. The Morgan fingerprint density at radius 1 is 1.22 bits per heavy atom. The number of allylic oxidation sites excluding steroid dienone is 3. The molecule has 1 spiro atoms. The average Bonchev–Trinajstić information content (AvgIpc) is 2.55. The number of ether oxygens (including phenoxy) is 1. The van der Waals surface area contributed by atoms with E-state index in [1.54, 1.807) is 12.2 Å². The van der Waals surface area contributed by atoms with Crippen molar-refractivity contribution in [1.29, 1.82) is 0 Å². The van der Waals surface area contributed by atoms with Gasteiger partial charge >= 0.3 is 0 Å². The quantitative estimate of drug-likeness (QED) is 0.622. The molecule has 0 radical (unpaired) electrons. The van der Waals surface area contributed by atoms with Crippen molar-refractivity contribution in [3.63, 3.8) is 0 Å². The molecule has 4 heteroatoms. The predicted octanol–water partition coefficient (Wildman–Crippen LogP) is 3.15. The normalized spacial score (nSPS) is 20.0. The van der Waals surface area contributed by atoms with Gasteiger partial charge in [0, 0.05) is 32.0 Å². The predicted molar refractivity (Wildman–Crippen MR) is 88.5 cm³/mol. The van der Waals surface area contributed by atoms with E-state index in [-0.39, 0.29) is 11.7 Å². The molecule has 0 saturated carbocycles. The molecule has 0 aromatic heterocycles. The van der Waals surface area contributed by atoms with Gasteiger partial charge in [0.2, 0.25) is 5.91 Å². The zero-order valence-corrected chi connectivity index (χ0v) is 13.3. The van der Waals surface area contributed by atoms with E-state index < -0.39 is 5.60 Å². The van der Waals surface area contributed by atoms with Crippen molar-refractivity contribution in [2.45, 2.75) is 31.8 Å². The monoisotopic (exact) mass is 311 g/mol. The molecule has 0 atom stereocenters. The van der Waals surface area contributed by atoms with Crippen molar-refractivity contribution >= 4 is 11.7 Å². The van der Waals surface area contributed by atoms with Crippen LogP contribution < -0.4 is 4.74 Å². The van der Waals surface area contributed by atoms with Gasteiger partial charge in [-0.1, -0.05) is 30.4 Å². The van der Waals surface area contributed by atoms with Crippen molar-refractivity contribution in [1.82, 2.24) is 4.90 Å². The van der Waals surface area contributed by atoms with Crippen LogP contribution in [-0.4, -0.2) is 35.3 Å². The highest BCUT2D eigenvalue weighted by Crippen LogP contribution is 2.39. The third-order valence-electron chi connectivity index (χ3n) is 4.53. The van der Waals surface area contributed by atoms with E-state index in [1.807, 2.05) is 48.2 Å². The Kier molecular flexibility index (Phi) is 4.33. The first kappa shape index (κ1) is 15.5. The van der Waals surface area contributed by atoms with Crippen LogP contribution in [0.4, 0.5) is 0 Å². The summed E-state index contributed by atoms with van der Waals surface area (Å²) in [6, 6.07) is 7.41. The average molecular weight is 311 g/mol. The van der Waals surface area contributed by atoms with E-state index in [9.17, 15) is 9.59 Å². The fourth-order valence-corrected chi connectivity index (χ4v) is 3.21. The van der Waals surface area contributed by atoms with E-state index in [4.69, 9.17) is 4.74 Å². The summed E-state index contributed by atoms with van der Waals surface area (Å²) >= 11 is 0. The SMILES string of the molecule is C/C=C/C=C/C(=O)N1CCC2(CC1)CC(=O)c1ccccc1O2. The van der Waals surface area contributed by atoms with E-state index in [2.05, 4.69) is 0 Å². The number of rotatable bonds is 2. The zero-order chi connectivity index (χ0) is 16.3. The summed E-state index contributed by atoms with van der Waals surface area (Å²) in [5, 5.41) is 0. The molecule has 1 amide bonds. The van der Waals surface area contributed by atoms with Gasteiger partial charge in [-0.3, -0.25) is 9.59 Å². The molecule has 2 aliphatic rings. The van der Waals surface area contributed by atoms with Crippen molar-refractivity contribution in [2.75, 3.05) is 13.1 Å². The van der Waals surface area contributed by atoms with Gasteiger partial charge in [0.05, 0.1) is 12.0 Å². The maximum atomic E-state index is 12.4. The summed E-state index contributed by atoms with van der Waals surface area (Å²) in [6.07, 6.45) is 8.84. The highest BCUT2D eigenvalue weighted by atomic mass is 16.5. The lowest BCUT2D eigenvalue weighted by Crippen LogP contribution is -2.52. The summed E-state index contributed by atoms with van der Waals surface area (Å²) in [7, 11) is 0. The molecule has 1 fully saturated rings. The van der Waals surface area contributed by atoms with Crippen LogP contribution in [0.2, 0.25) is 0 Å². The number of carbonyl (C=O) groups is 2. The molecule has 0 unspecified atom stereocenters. The van der Waals surface area contributed by atoms with Gasteiger partial charge in [-0.05, 0) is 19.1 Å². The molecule has 120 valence electrons. The van der Waals surface area contributed by atoms with E-state index in [0.717, 1.165) is 0 Å². The van der Waals surface area contributed by atoms with Gasteiger partial charge in [-0.2, -0.15) is 0 Å². The Morgan fingerprint density at radius 2 is 1.96 bits per heavy atom. The molecule has 0 bridgehead atoms. The molecular weight excluding hydrogens is 290 g/mol. The number of carbonyl (C=O) groups excluding carboxylic acids is 2. The summed E-state index contributed by atoms with van der Waals surface area (Å²) in [5.41, 5.74) is 0.223. The van der Waals surface area contributed by atoms with Crippen LogP contribution in [0, 0.1) is 0 Å². The van der Waals surface area contributed by atoms with Gasteiger partial charge in [-0.25, -0.2) is 0 Å². The van der Waals surface area contributed by atoms with Crippen molar-refractivity contribution in [3.05, 3.63) is 54.1 Å². The number of Topliss-reactive ketones (excluding diaryl/α,β-unsaturated/α-hetero) is 1. The number of piperidine rings is 1. The van der Waals surface area contributed by atoms with Crippen LogP contribution in [0.5, 0.6) is 5.75 Å². The maximum Gasteiger partial charge on any atom is 0.246 e. The van der Waals surface area contributed by atoms with E-state index in [0.29, 0.717) is 43.7 Å². The minimum Gasteiger partial charge on any atom is -0.486 e. The van der Waals surface area contributed by atoms with Gasteiger partial charge in [0.1, 0.15) is 11.4 Å². The molecule has 1 aromatic rings. The minimum atomic E-state index is -0.449. The van der Waals surface area contributed by atoms with Crippen LogP contribution in [0.3, 0.4) is 0 Å². The second-order valence-electron chi connectivity index (χ2n) is 6.09. The lowest BCUT2D eigenvalue weighted by Gasteiger charge is -2.43. The van der Waals surface area contributed by atoms with Gasteiger partial charge in [0.15, 0.2) is 5.78 Å². The number of nitrogens with zero attached hydrogens (tertiary/aromatic N) is 1. The molecule has 23 heavy (non-hydrogen) atoms. The fourth-order valence-electron chi connectivity index (χ4n) is 3.21. The molecule has 1 saturated heterocycles. The Hall–Kier alpha value is -2.36. The third-order valence-corrected chi connectivity index (χ3v) is 4.53. The molecule has 3 rings (SSSR count). The highest BCUT2D eigenvalue weighted by molar-refractivity contribution is 6.00. The number of ketones is 1. The highest BCUT2D eigenvalue weighted by Gasteiger charge is 2.43. The van der Waals surface area contributed by atoms with Crippen LogP contribution >= 0.6 is 0 Å². The van der Waals surface area contributed by atoms with E-state index in [1.165, 1.54) is 0 Å². The maximum absolute atomic E-state index is 12.4. The van der Waals surface area contributed by atoms with Gasteiger partial charge < -0.3 is 9.64 Å². The fraction of sp³-hybridized carbons (Fsp3) is 0.368. The number of para-hydroxylation sites is 1. The number of hydrogen-bond acceptors (Lipinski definition) is 3. The number of amides is 1. The number of fused-ring (bicyclic) bond motifs is 1. The summed E-state index contributed by atoms with van der Waals surface area (Å²) < 4.78 is 6.17. The second kappa shape index (κ2) is 6.41. The molecule has 1 aromatic carbocycles. The second-order valence-corrected chi connectivity index (χ2v) is 6.09. The topological polar surface area (TPSA) is 46.6 Å². The van der Waals surface area contributed by atoms with Crippen molar-refractivity contribution in [2.24, 2.45) is 0 Å². The summed E-state index contributed by atoms with van der Waals surface area (Å²) in [4.78, 5) is 26.3. The number of benzene rings is 1. The number of likely N-dealkylation sites (tertiary alicyclic amines) is 1. The summed E-state index contributed by atoms with van der Waals surface area (Å²) in [5.74, 6) is 0.830. The Bertz CT molecular complexity index is 667. The molecule has 2 aliphatic heterocycles. The Morgan fingerprint density at radius 3 is 2.70 bits per heavy atom. The first-order valence-electron chi connectivity index (χ1n) is 8.03. The Labute approximate surface area is 136 Å². The first-order chi connectivity index (χ1) is 11.1. The van der Waals surface area contributed by atoms with Gasteiger partial charge in [-0.15, -0.1) is 0 Å². The largest absolute Gasteiger partial charge is 0.486 e. The zero-order valence-electron chi connectivity index (χ0n) is 13.3. The molecule has 2 heterocycles. The van der Waals surface area contributed by atoms with E-state index >= 15 is 0 Å². The minimum absolute atomic E-state index is 0.0143. The molecule has 4 nitrogen and oxygen atoms in total. The van der Waals surface area contributed by atoms with Crippen LogP contribution in [-0.2, 0) is 4.79 Å². The van der Waals surface area contributed by atoms with Crippen LogP contribution in [0.15, 0.2) is 48.6 Å². The lowest BCUT2D eigenvalue weighted by molar-refractivity contribution is -0.129. The van der Waals surface area contributed by atoms with Crippen molar-refractivity contribution in [3.8, 4) is 5.75 Å². The van der Waals surface area contributed by atoms with Crippen LogP contribution in [0.1, 0.15) is 36.5 Å². The first-order valence-corrected chi connectivity index (χ1v) is 8.03. The standard InChI is InChI=1S/C19H21NO3/c1-2-3-4-9-18(22)20-12-10-19(11-13-20)14-16(21)15-7-5-6-8-17(15)23-19/h2-9H,10-14H2,1H3/b3-2+,9-4+.